The van der Waals surface area contributed by atoms with Gasteiger partial charge in [-0.15, -0.1) is 11.3 Å². The maximum absolute atomic E-state index is 13.1. The average Bonchev–Trinajstić information content (AvgIpc) is 3.19. The molecule has 3 rings (SSSR count). The maximum Gasteiger partial charge on any atom is 0.349 e. The molecule has 1 aromatic heterocycles. The van der Waals surface area contributed by atoms with Gasteiger partial charge in [0.1, 0.15) is 16.4 Å². The number of hydrogen-bond donors (Lipinski definition) is 1. The SMILES string of the molecule is COc1ccc(C)cc1NC(=O)[C@H](C)OC(=O)c1ccc(-c2ccc(F)cc2)s1. The number of hydrogen-bond acceptors (Lipinski definition) is 5. The number of carbonyl (C=O) groups is 2. The number of thiophene rings is 1. The van der Waals surface area contributed by atoms with E-state index in [9.17, 15) is 14.0 Å². The number of ether oxygens (including phenoxy) is 2. The lowest BCUT2D eigenvalue weighted by molar-refractivity contribution is -0.123. The predicted octanol–water partition coefficient (Wildman–Crippen LogP) is 5.06. The van der Waals surface area contributed by atoms with Crippen LogP contribution in [0.4, 0.5) is 10.1 Å². The maximum atomic E-state index is 13.1. The molecule has 0 aliphatic carbocycles. The molecule has 0 spiro atoms. The summed E-state index contributed by atoms with van der Waals surface area (Å²) in [5, 5.41) is 2.72. The molecule has 1 N–H and O–H groups in total. The predicted molar refractivity (Wildman–Crippen MR) is 111 cm³/mol. The second-order valence-electron chi connectivity index (χ2n) is 6.41. The molecule has 0 saturated carbocycles. The lowest BCUT2D eigenvalue weighted by Gasteiger charge is -2.15. The average molecular weight is 413 g/mol. The first-order chi connectivity index (χ1) is 13.9. The highest BCUT2D eigenvalue weighted by molar-refractivity contribution is 7.17. The standard InChI is InChI=1S/C22H20FNO4S/c1-13-4-9-18(27-3)17(12-13)24-21(25)14(2)28-22(26)20-11-10-19(29-20)15-5-7-16(23)8-6-15/h4-12,14H,1-3H3,(H,24,25)/t14-/m0/s1. The Morgan fingerprint density at radius 2 is 1.79 bits per heavy atom. The summed E-state index contributed by atoms with van der Waals surface area (Å²) < 4.78 is 23.6. The van der Waals surface area contributed by atoms with Gasteiger partial charge in [0.05, 0.1) is 12.8 Å². The lowest BCUT2D eigenvalue weighted by atomic mass is 10.2. The van der Waals surface area contributed by atoms with E-state index >= 15 is 0 Å². The van der Waals surface area contributed by atoms with Gasteiger partial charge in [-0.25, -0.2) is 9.18 Å². The molecule has 0 fully saturated rings. The van der Waals surface area contributed by atoms with Crippen LogP contribution in [0.25, 0.3) is 10.4 Å². The molecular weight excluding hydrogens is 393 g/mol. The van der Waals surface area contributed by atoms with E-state index in [0.29, 0.717) is 16.3 Å². The summed E-state index contributed by atoms with van der Waals surface area (Å²) in [5.41, 5.74) is 2.26. The largest absolute Gasteiger partial charge is 0.495 e. The summed E-state index contributed by atoms with van der Waals surface area (Å²) in [6.07, 6.45) is -0.996. The van der Waals surface area contributed by atoms with Gasteiger partial charge in [0.25, 0.3) is 5.91 Å². The molecule has 2 aromatic carbocycles. The van der Waals surface area contributed by atoms with Crippen molar-refractivity contribution < 1.29 is 23.5 Å². The Hall–Kier alpha value is -3.19. The fourth-order valence-corrected chi connectivity index (χ4v) is 3.54. The van der Waals surface area contributed by atoms with E-state index < -0.39 is 18.0 Å². The van der Waals surface area contributed by atoms with Crippen LogP contribution in [0.3, 0.4) is 0 Å². The number of benzene rings is 2. The Labute approximate surface area is 172 Å². The van der Waals surface area contributed by atoms with Crippen LogP contribution >= 0.6 is 11.3 Å². The second-order valence-corrected chi connectivity index (χ2v) is 7.50. The summed E-state index contributed by atoms with van der Waals surface area (Å²) in [4.78, 5) is 26.0. The lowest BCUT2D eigenvalue weighted by Crippen LogP contribution is -2.30. The Kier molecular flexibility index (Phi) is 6.29. The normalized spacial score (nSPS) is 11.6. The third-order valence-electron chi connectivity index (χ3n) is 4.20. The van der Waals surface area contributed by atoms with Crippen molar-refractivity contribution in [2.45, 2.75) is 20.0 Å². The topological polar surface area (TPSA) is 64.6 Å². The molecule has 150 valence electrons. The summed E-state index contributed by atoms with van der Waals surface area (Å²) in [6.45, 7) is 3.40. The zero-order chi connectivity index (χ0) is 21.0. The van der Waals surface area contributed by atoms with Crippen molar-refractivity contribution in [2.24, 2.45) is 0 Å². The van der Waals surface area contributed by atoms with Crippen molar-refractivity contribution in [2.75, 3.05) is 12.4 Å². The van der Waals surface area contributed by atoms with E-state index in [1.54, 1.807) is 36.4 Å². The Balaban J connectivity index is 1.65. The number of anilines is 1. The molecule has 1 atom stereocenters. The summed E-state index contributed by atoms with van der Waals surface area (Å²) in [5.74, 6) is -0.862. The number of rotatable bonds is 6. The second kappa shape index (κ2) is 8.87. The zero-order valence-electron chi connectivity index (χ0n) is 16.2. The zero-order valence-corrected chi connectivity index (χ0v) is 17.0. The highest BCUT2D eigenvalue weighted by atomic mass is 32.1. The van der Waals surface area contributed by atoms with Gasteiger partial charge < -0.3 is 14.8 Å². The van der Waals surface area contributed by atoms with Gasteiger partial charge in [0, 0.05) is 4.88 Å². The minimum absolute atomic E-state index is 0.324. The minimum atomic E-state index is -0.996. The molecule has 3 aromatic rings. The number of esters is 1. The van der Waals surface area contributed by atoms with Crippen LogP contribution in [0, 0.1) is 12.7 Å². The first kappa shape index (κ1) is 20.5. The molecule has 0 aliphatic heterocycles. The van der Waals surface area contributed by atoms with Gasteiger partial charge in [-0.1, -0.05) is 18.2 Å². The number of aryl methyl sites for hydroxylation is 1. The van der Waals surface area contributed by atoms with Crippen LogP contribution in [0.2, 0.25) is 0 Å². The fourth-order valence-electron chi connectivity index (χ4n) is 2.64. The number of nitrogens with one attached hydrogen (secondary N) is 1. The van der Waals surface area contributed by atoms with Gasteiger partial charge >= 0.3 is 5.97 Å². The smallest absolute Gasteiger partial charge is 0.349 e. The van der Waals surface area contributed by atoms with Crippen LogP contribution in [0.5, 0.6) is 5.75 Å². The number of carbonyl (C=O) groups excluding carboxylic acids is 2. The van der Waals surface area contributed by atoms with Crippen molar-refractivity contribution >= 4 is 28.9 Å². The quantitative estimate of drug-likeness (QED) is 0.574. The molecule has 5 nitrogen and oxygen atoms in total. The summed E-state index contributed by atoms with van der Waals surface area (Å²) in [6, 6.07) is 14.8. The highest BCUT2D eigenvalue weighted by Gasteiger charge is 2.21. The van der Waals surface area contributed by atoms with Crippen molar-refractivity contribution in [1.29, 1.82) is 0 Å². The molecule has 0 aliphatic rings. The first-order valence-electron chi connectivity index (χ1n) is 8.89. The summed E-state index contributed by atoms with van der Waals surface area (Å²) >= 11 is 1.22. The van der Waals surface area contributed by atoms with Crippen LogP contribution in [0.15, 0.2) is 54.6 Å². The van der Waals surface area contributed by atoms with Crippen molar-refractivity contribution in [3.8, 4) is 16.2 Å². The van der Waals surface area contributed by atoms with Crippen molar-refractivity contribution in [3.05, 3.63) is 70.9 Å². The van der Waals surface area contributed by atoms with Gasteiger partial charge in [-0.3, -0.25) is 4.79 Å². The van der Waals surface area contributed by atoms with Crippen molar-refractivity contribution in [1.82, 2.24) is 0 Å². The third-order valence-corrected chi connectivity index (χ3v) is 5.32. The van der Waals surface area contributed by atoms with Crippen LogP contribution in [0.1, 0.15) is 22.2 Å². The summed E-state index contributed by atoms with van der Waals surface area (Å²) in [7, 11) is 1.51. The molecule has 7 heteroatoms. The van der Waals surface area contributed by atoms with E-state index in [1.807, 2.05) is 13.0 Å². The van der Waals surface area contributed by atoms with Crippen LogP contribution in [-0.2, 0) is 9.53 Å². The third kappa shape index (κ3) is 5.00. The Morgan fingerprint density at radius 1 is 1.07 bits per heavy atom. The van der Waals surface area contributed by atoms with E-state index in [1.165, 1.54) is 37.5 Å². The molecule has 1 heterocycles. The van der Waals surface area contributed by atoms with Gasteiger partial charge in [0.15, 0.2) is 6.10 Å². The number of methoxy groups -OCH3 is 1. The van der Waals surface area contributed by atoms with Crippen LogP contribution in [-0.4, -0.2) is 25.1 Å². The minimum Gasteiger partial charge on any atom is -0.495 e. The molecule has 0 saturated heterocycles. The Morgan fingerprint density at radius 3 is 2.48 bits per heavy atom. The van der Waals surface area contributed by atoms with E-state index in [-0.39, 0.29) is 5.82 Å². The number of amides is 1. The number of halogens is 1. The van der Waals surface area contributed by atoms with Crippen molar-refractivity contribution in [3.63, 3.8) is 0 Å². The Bertz CT molecular complexity index is 1030. The molecular formula is C22H20FNO4S. The fraction of sp³-hybridized carbons (Fsp3) is 0.182. The van der Waals surface area contributed by atoms with Gasteiger partial charge in [0.2, 0.25) is 0 Å². The first-order valence-corrected chi connectivity index (χ1v) is 9.71. The van der Waals surface area contributed by atoms with Gasteiger partial charge in [-0.2, -0.15) is 0 Å². The monoisotopic (exact) mass is 413 g/mol. The van der Waals surface area contributed by atoms with Gasteiger partial charge in [-0.05, 0) is 61.4 Å². The molecule has 1 amide bonds. The molecule has 29 heavy (non-hydrogen) atoms. The van der Waals surface area contributed by atoms with Crippen LogP contribution < -0.4 is 10.1 Å². The van der Waals surface area contributed by atoms with E-state index in [0.717, 1.165) is 16.0 Å². The molecule has 0 radical (unpaired) electrons. The molecule has 0 bridgehead atoms. The van der Waals surface area contributed by atoms with E-state index in [4.69, 9.17) is 9.47 Å². The highest BCUT2D eigenvalue weighted by Crippen LogP contribution is 2.29. The molecule has 0 unspecified atom stereocenters. The van der Waals surface area contributed by atoms with E-state index in [2.05, 4.69) is 5.32 Å².